The largest absolute Gasteiger partial charge is 0.480 e. The lowest BCUT2D eigenvalue weighted by Gasteiger charge is -2.32. The SMILES string of the molecule is COCCCC(=O)N1CC(=O)NCC1C(=O)O. The van der Waals surface area contributed by atoms with Gasteiger partial charge in [0.25, 0.3) is 0 Å². The van der Waals surface area contributed by atoms with Crippen LogP contribution < -0.4 is 5.32 Å². The second-order valence-electron chi connectivity index (χ2n) is 3.78. The molecule has 7 nitrogen and oxygen atoms in total. The van der Waals surface area contributed by atoms with Crippen LogP contribution in [0.4, 0.5) is 0 Å². The molecule has 1 aliphatic rings. The van der Waals surface area contributed by atoms with E-state index in [9.17, 15) is 14.4 Å². The van der Waals surface area contributed by atoms with Crippen molar-refractivity contribution >= 4 is 17.8 Å². The zero-order valence-electron chi connectivity index (χ0n) is 9.64. The minimum absolute atomic E-state index is 0.0375. The molecule has 0 saturated carbocycles. The van der Waals surface area contributed by atoms with Crippen molar-refractivity contribution in [3.63, 3.8) is 0 Å². The second kappa shape index (κ2) is 6.19. The number of ether oxygens (including phenoxy) is 1. The van der Waals surface area contributed by atoms with Crippen molar-refractivity contribution in [1.82, 2.24) is 10.2 Å². The van der Waals surface area contributed by atoms with Crippen molar-refractivity contribution in [3.05, 3.63) is 0 Å². The second-order valence-corrected chi connectivity index (χ2v) is 3.78. The van der Waals surface area contributed by atoms with Crippen LogP contribution in [0, 0.1) is 0 Å². The third-order valence-corrected chi connectivity index (χ3v) is 2.53. The average Bonchev–Trinajstić information content (AvgIpc) is 2.28. The highest BCUT2D eigenvalue weighted by Gasteiger charge is 2.34. The molecule has 0 aliphatic carbocycles. The van der Waals surface area contributed by atoms with Crippen LogP contribution in [0.5, 0.6) is 0 Å². The number of amides is 2. The summed E-state index contributed by atoms with van der Waals surface area (Å²) in [5.74, 6) is -1.77. The molecule has 1 fully saturated rings. The molecule has 1 rings (SSSR count). The van der Waals surface area contributed by atoms with Crippen molar-refractivity contribution in [2.24, 2.45) is 0 Å². The topological polar surface area (TPSA) is 95.9 Å². The summed E-state index contributed by atoms with van der Waals surface area (Å²) < 4.78 is 4.81. The first-order valence-corrected chi connectivity index (χ1v) is 5.34. The first-order valence-electron chi connectivity index (χ1n) is 5.34. The maximum Gasteiger partial charge on any atom is 0.328 e. The molecule has 2 N–H and O–H groups in total. The average molecular weight is 244 g/mol. The Kier molecular flexibility index (Phi) is 4.89. The summed E-state index contributed by atoms with van der Waals surface area (Å²) in [5.41, 5.74) is 0. The first-order chi connectivity index (χ1) is 8.06. The van der Waals surface area contributed by atoms with E-state index in [4.69, 9.17) is 9.84 Å². The zero-order chi connectivity index (χ0) is 12.8. The summed E-state index contributed by atoms with van der Waals surface area (Å²) in [5, 5.41) is 11.4. The van der Waals surface area contributed by atoms with Gasteiger partial charge >= 0.3 is 5.97 Å². The Morgan fingerprint density at radius 3 is 2.88 bits per heavy atom. The Morgan fingerprint density at radius 1 is 1.59 bits per heavy atom. The van der Waals surface area contributed by atoms with E-state index < -0.39 is 12.0 Å². The van der Waals surface area contributed by atoms with Gasteiger partial charge in [-0.2, -0.15) is 0 Å². The standard InChI is InChI=1S/C10H16N2O5/c1-17-4-2-3-9(14)12-6-8(13)11-5-7(12)10(15)16/h7H,2-6H2,1H3,(H,11,13)(H,15,16). The van der Waals surface area contributed by atoms with Crippen molar-refractivity contribution in [2.45, 2.75) is 18.9 Å². The van der Waals surface area contributed by atoms with Crippen molar-refractivity contribution in [1.29, 1.82) is 0 Å². The van der Waals surface area contributed by atoms with Crippen LogP contribution in [0.2, 0.25) is 0 Å². The Morgan fingerprint density at radius 2 is 2.29 bits per heavy atom. The fourth-order valence-electron chi connectivity index (χ4n) is 1.64. The Bertz CT molecular complexity index is 318. The number of methoxy groups -OCH3 is 1. The van der Waals surface area contributed by atoms with Gasteiger partial charge in [-0.05, 0) is 6.42 Å². The lowest BCUT2D eigenvalue weighted by molar-refractivity contribution is -0.154. The van der Waals surface area contributed by atoms with Gasteiger partial charge in [-0.1, -0.05) is 0 Å². The molecule has 1 heterocycles. The Labute approximate surface area is 98.7 Å². The molecular weight excluding hydrogens is 228 g/mol. The number of carbonyl (C=O) groups excluding carboxylic acids is 2. The fourth-order valence-corrected chi connectivity index (χ4v) is 1.64. The van der Waals surface area contributed by atoms with Crippen molar-refractivity contribution < 1.29 is 24.2 Å². The molecule has 96 valence electrons. The molecule has 2 amide bonds. The summed E-state index contributed by atoms with van der Waals surface area (Å²) >= 11 is 0. The van der Waals surface area contributed by atoms with Gasteiger partial charge in [0.1, 0.15) is 12.6 Å². The van der Waals surface area contributed by atoms with E-state index in [1.807, 2.05) is 0 Å². The molecule has 1 saturated heterocycles. The van der Waals surface area contributed by atoms with Crippen LogP contribution in [-0.4, -0.2) is 60.6 Å². The highest BCUT2D eigenvalue weighted by atomic mass is 16.5. The number of piperazine rings is 1. The molecule has 1 aliphatic heterocycles. The van der Waals surface area contributed by atoms with E-state index in [0.717, 1.165) is 4.90 Å². The molecule has 1 atom stereocenters. The van der Waals surface area contributed by atoms with Crippen molar-refractivity contribution in [2.75, 3.05) is 26.8 Å². The molecule has 0 aromatic rings. The van der Waals surface area contributed by atoms with Gasteiger partial charge in [-0.3, -0.25) is 9.59 Å². The highest BCUT2D eigenvalue weighted by Crippen LogP contribution is 2.08. The minimum atomic E-state index is -1.11. The minimum Gasteiger partial charge on any atom is -0.480 e. The van der Waals surface area contributed by atoms with E-state index in [1.165, 1.54) is 7.11 Å². The normalized spacial score (nSPS) is 19.9. The van der Waals surface area contributed by atoms with Gasteiger partial charge in [-0.25, -0.2) is 4.79 Å². The summed E-state index contributed by atoms with van der Waals surface area (Å²) in [6.45, 7) is 0.205. The van der Waals surface area contributed by atoms with E-state index in [2.05, 4.69) is 5.32 Å². The molecule has 1 unspecified atom stereocenters. The van der Waals surface area contributed by atoms with Crippen LogP contribution in [0.15, 0.2) is 0 Å². The number of carboxylic acids is 1. The van der Waals surface area contributed by atoms with E-state index in [-0.39, 0.29) is 31.3 Å². The van der Waals surface area contributed by atoms with Gasteiger partial charge in [-0.15, -0.1) is 0 Å². The number of nitrogens with one attached hydrogen (secondary N) is 1. The number of carbonyl (C=O) groups is 3. The number of nitrogens with zero attached hydrogens (tertiary/aromatic N) is 1. The number of hydrogen-bond acceptors (Lipinski definition) is 4. The van der Waals surface area contributed by atoms with Crippen LogP contribution in [0.1, 0.15) is 12.8 Å². The molecule has 0 bridgehead atoms. The van der Waals surface area contributed by atoms with Crippen LogP contribution in [0.25, 0.3) is 0 Å². The first kappa shape index (κ1) is 13.4. The van der Waals surface area contributed by atoms with Crippen LogP contribution in [0.3, 0.4) is 0 Å². The number of hydrogen-bond donors (Lipinski definition) is 2. The Balaban J connectivity index is 2.59. The lowest BCUT2D eigenvalue weighted by atomic mass is 10.1. The molecule has 0 radical (unpaired) electrons. The Hall–Kier alpha value is -1.63. The number of carboxylic acid groups (broad SMARTS) is 1. The maximum atomic E-state index is 11.8. The molecule has 0 spiro atoms. The fraction of sp³-hybridized carbons (Fsp3) is 0.700. The summed E-state index contributed by atoms with van der Waals surface area (Å²) in [7, 11) is 1.53. The molecule has 0 aromatic carbocycles. The van der Waals surface area contributed by atoms with Crippen LogP contribution in [-0.2, 0) is 19.1 Å². The van der Waals surface area contributed by atoms with E-state index in [1.54, 1.807) is 0 Å². The number of rotatable bonds is 5. The van der Waals surface area contributed by atoms with E-state index in [0.29, 0.717) is 13.0 Å². The van der Waals surface area contributed by atoms with Gasteiger partial charge in [0.2, 0.25) is 11.8 Å². The number of aliphatic carboxylic acids is 1. The van der Waals surface area contributed by atoms with Gasteiger partial charge in [0.05, 0.1) is 0 Å². The van der Waals surface area contributed by atoms with Gasteiger partial charge in [0.15, 0.2) is 0 Å². The summed E-state index contributed by atoms with van der Waals surface area (Å²) in [4.78, 5) is 35.0. The quantitative estimate of drug-likeness (QED) is 0.594. The lowest BCUT2D eigenvalue weighted by Crippen LogP contribution is -2.59. The van der Waals surface area contributed by atoms with Gasteiger partial charge in [0, 0.05) is 26.7 Å². The van der Waals surface area contributed by atoms with Crippen LogP contribution >= 0.6 is 0 Å². The maximum absolute atomic E-state index is 11.8. The summed E-state index contributed by atoms with van der Waals surface area (Å²) in [6.07, 6.45) is 0.699. The predicted molar refractivity (Wildman–Crippen MR) is 57.3 cm³/mol. The highest BCUT2D eigenvalue weighted by molar-refractivity contribution is 5.91. The van der Waals surface area contributed by atoms with Crippen molar-refractivity contribution in [3.8, 4) is 0 Å². The summed E-state index contributed by atoms with van der Waals surface area (Å²) in [6, 6.07) is -0.970. The smallest absolute Gasteiger partial charge is 0.328 e. The molecule has 17 heavy (non-hydrogen) atoms. The zero-order valence-corrected chi connectivity index (χ0v) is 9.64. The molecular formula is C10H16N2O5. The monoisotopic (exact) mass is 244 g/mol. The third kappa shape index (κ3) is 3.70. The predicted octanol–water partition coefficient (Wildman–Crippen LogP) is -1.18. The van der Waals surface area contributed by atoms with E-state index >= 15 is 0 Å². The third-order valence-electron chi connectivity index (χ3n) is 2.53. The van der Waals surface area contributed by atoms with Gasteiger partial charge < -0.3 is 20.1 Å². The molecule has 0 aromatic heterocycles. The molecule has 7 heteroatoms.